The third kappa shape index (κ3) is 3.62. The summed E-state index contributed by atoms with van der Waals surface area (Å²) >= 11 is 0. The van der Waals surface area contributed by atoms with Gasteiger partial charge in [-0.2, -0.15) is 13.2 Å². The number of rotatable bonds is 3. The number of alkyl halides is 3. The van der Waals surface area contributed by atoms with Crippen molar-refractivity contribution in [2.45, 2.75) is 31.9 Å². The van der Waals surface area contributed by atoms with Crippen LogP contribution in [0, 0.1) is 5.92 Å². The van der Waals surface area contributed by atoms with Crippen molar-refractivity contribution < 1.29 is 23.1 Å². The van der Waals surface area contributed by atoms with Crippen molar-refractivity contribution in [3.63, 3.8) is 0 Å². The second kappa shape index (κ2) is 5.69. The first-order valence-corrected chi connectivity index (χ1v) is 6.44. The Hall–Kier alpha value is -1.78. The van der Waals surface area contributed by atoms with Crippen LogP contribution >= 0.6 is 0 Å². The summed E-state index contributed by atoms with van der Waals surface area (Å²) in [5.41, 5.74) is 1.13. The van der Waals surface area contributed by atoms with E-state index in [2.05, 4.69) is 0 Å². The summed E-state index contributed by atoms with van der Waals surface area (Å²) in [7, 11) is 0. The van der Waals surface area contributed by atoms with Crippen LogP contribution in [0.1, 0.15) is 36.8 Å². The lowest BCUT2D eigenvalue weighted by atomic mass is 9.85. The minimum Gasteiger partial charge on any atom is -0.481 e. The molecule has 1 unspecified atom stereocenters. The van der Waals surface area contributed by atoms with Crippen molar-refractivity contribution in [3.05, 3.63) is 41.5 Å². The summed E-state index contributed by atoms with van der Waals surface area (Å²) in [6.45, 7) is 0. The lowest BCUT2D eigenvalue weighted by molar-refractivity contribution is -0.138. The summed E-state index contributed by atoms with van der Waals surface area (Å²) in [4.78, 5) is 10.6. The van der Waals surface area contributed by atoms with Crippen molar-refractivity contribution in [1.29, 1.82) is 0 Å². The molecule has 0 aromatic heterocycles. The molecular formula is C15H15F3O2. The number of carbonyl (C=O) groups is 1. The molecule has 0 saturated heterocycles. The Morgan fingerprint density at radius 3 is 2.35 bits per heavy atom. The Morgan fingerprint density at radius 1 is 1.25 bits per heavy atom. The number of carboxylic acid groups (broad SMARTS) is 1. The van der Waals surface area contributed by atoms with Crippen molar-refractivity contribution in [2.24, 2.45) is 5.92 Å². The average Bonchev–Trinajstić information content (AvgIpc) is 2.38. The molecule has 0 aliphatic heterocycles. The Morgan fingerprint density at radius 2 is 1.90 bits per heavy atom. The van der Waals surface area contributed by atoms with Crippen LogP contribution in [0.2, 0.25) is 0 Å². The summed E-state index contributed by atoms with van der Waals surface area (Å²) in [5, 5.41) is 8.73. The first-order chi connectivity index (χ1) is 9.36. The molecule has 0 radical (unpaired) electrons. The zero-order valence-electron chi connectivity index (χ0n) is 10.8. The quantitative estimate of drug-likeness (QED) is 0.895. The van der Waals surface area contributed by atoms with Gasteiger partial charge in [-0.25, -0.2) is 0 Å². The molecule has 1 aliphatic carbocycles. The Bertz CT molecular complexity index is 515. The lowest BCUT2D eigenvalue weighted by Crippen LogP contribution is -2.10. The van der Waals surface area contributed by atoms with Gasteiger partial charge in [0.1, 0.15) is 0 Å². The number of benzene rings is 1. The molecule has 0 fully saturated rings. The molecule has 1 N–H and O–H groups in total. The molecule has 1 aromatic carbocycles. The third-order valence-corrected chi connectivity index (χ3v) is 3.57. The van der Waals surface area contributed by atoms with Gasteiger partial charge >= 0.3 is 12.1 Å². The number of halogens is 3. The van der Waals surface area contributed by atoms with E-state index in [0.717, 1.165) is 29.7 Å². The second-order valence-electron chi connectivity index (χ2n) is 5.04. The molecule has 108 valence electrons. The van der Waals surface area contributed by atoms with E-state index in [0.29, 0.717) is 12.8 Å². The molecule has 1 aliphatic rings. The van der Waals surface area contributed by atoms with E-state index in [1.807, 2.05) is 6.08 Å². The zero-order chi connectivity index (χ0) is 14.8. The van der Waals surface area contributed by atoms with Crippen LogP contribution in [0.25, 0.3) is 5.57 Å². The van der Waals surface area contributed by atoms with Gasteiger partial charge < -0.3 is 5.11 Å². The van der Waals surface area contributed by atoms with Gasteiger partial charge in [-0.15, -0.1) is 0 Å². The molecule has 20 heavy (non-hydrogen) atoms. The third-order valence-electron chi connectivity index (χ3n) is 3.57. The fourth-order valence-corrected chi connectivity index (χ4v) is 2.46. The first kappa shape index (κ1) is 14.6. The molecule has 1 atom stereocenters. The van der Waals surface area contributed by atoms with Crippen LogP contribution in [0.5, 0.6) is 0 Å². The van der Waals surface area contributed by atoms with Gasteiger partial charge in [0.15, 0.2) is 0 Å². The molecular weight excluding hydrogens is 269 g/mol. The smallest absolute Gasteiger partial charge is 0.416 e. The van der Waals surface area contributed by atoms with E-state index in [9.17, 15) is 18.0 Å². The maximum absolute atomic E-state index is 12.5. The molecule has 2 nitrogen and oxygen atoms in total. The van der Waals surface area contributed by atoms with Crippen LogP contribution in [0.15, 0.2) is 30.3 Å². The van der Waals surface area contributed by atoms with Crippen molar-refractivity contribution >= 4 is 11.5 Å². The number of hydrogen-bond donors (Lipinski definition) is 1. The fraction of sp³-hybridized carbons (Fsp3) is 0.400. The number of aliphatic carboxylic acids is 1. The van der Waals surface area contributed by atoms with Gasteiger partial charge in [-0.3, -0.25) is 4.79 Å². The van der Waals surface area contributed by atoms with Crippen LogP contribution in [0.4, 0.5) is 13.2 Å². The maximum Gasteiger partial charge on any atom is 0.416 e. The topological polar surface area (TPSA) is 37.3 Å². The lowest BCUT2D eigenvalue weighted by Gasteiger charge is -2.21. The van der Waals surface area contributed by atoms with Crippen molar-refractivity contribution in [2.75, 3.05) is 0 Å². The highest BCUT2D eigenvalue weighted by Gasteiger charge is 2.30. The van der Waals surface area contributed by atoms with E-state index in [1.54, 1.807) is 0 Å². The number of hydrogen-bond acceptors (Lipinski definition) is 1. The molecule has 0 amide bonds. The normalized spacial score (nSPS) is 19.6. The van der Waals surface area contributed by atoms with Crippen molar-refractivity contribution in [1.82, 2.24) is 0 Å². The Kier molecular flexibility index (Phi) is 4.16. The molecule has 0 heterocycles. The molecule has 0 saturated carbocycles. The van der Waals surface area contributed by atoms with E-state index in [1.165, 1.54) is 12.1 Å². The average molecular weight is 284 g/mol. The van der Waals surface area contributed by atoms with Gasteiger partial charge in [-0.05, 0) is 48.4 Å². The number of allylic oxidation sites excluding steroid dienone is 2. The highest BCUT2D eigenvalue weighted by Crippen LogP contribution is 2.34. The Balaban J connectivity index is 2.06. The summed E-state index contributed by atoms with van der Waals surface area (Å²) < 4.78 is 37.4. The molecule has 0 spiro atoms. The predicted octanol–water partition coefficient (Wildman–Crippen LogP) is 4.36. The van der Waals surface area contributed by atoms with E-state index < -0.39 is 17.7 Å². The van der Waals surface area contributed by atoms with Crippen LogP contribution in [-0.2, 0) is 11.0 Å². The molecule has 1 aromatic rings. The summed E-state index contributed by atoms with van der Waals surface area (Å²) in [6.07, 6.45) is -0.0757. The van der Waals surface area contributed by atoms with E-state index in [-0.39, 0.29) is 12.3 Å². The van der Waals surface area contributed by atoms with Gasteiger partial charge in [-0.1, -0.05) is 18.2 Å². The molecule has 2 rings (SSSR count). The predicted molar refractivity (Wildman–Crippen MR) is 69.0 cm³/mol. The fourth-order valence-electron chi connectivity index (χ4n) is 2.46. The number of carboxylic acids is 1. The van der Waals surface area contributed by atoms with Crippen molar-refractivity contribution in [3.8, 4) is 0 Å². The SMILES string of the molecule is O=C(O)CC1CC=C(c2ccc(C(F)(F)F)cc2)CC1. The van der Waals surface area contributed by atoms with Crippen LogP contribution < -0.4 is 0 Å². The summed E-state index contributed by atoms with van der Waals surface area (Å²) in [6, 6.07) is 5.12. The minimum atomic E-state index is -4.31. The monoisotopic (exact) mass is 284 g/mol. The highest BCUT2D eigenvalue weighted by atomic mass is 19.4. The molecule has 5 heteroatoms. The maximum atomic E-state index is 12.5. The minimum absolute atomic E-state index is 0.130. The van der Waals surface area contributed by atoms with Gasteiger partial charge in [0, 0.05) is 6.42 Å². The highest BCUT2D eigenvalue weighted by molar-refractivity contribution is 5.69. The molecule has 0 bridgehead atoms. The van der Waals surface area contributed by atoms with E-state index in [4.69, 9.17) is 5.11 Å². The second-order valence-corrected chi connectivity index (χ2v) is 5.04. The van der Waals surface area contributed by atoms with Gasteiger partial charge in [0.2, 0.25) is 0 Å². The Labute approximate surface area is 114 Å². The standard InChI is InChI=1S/C15H15F3O2/c16-15(17,18)13-7-5-12(6-8-13)11-3-1-10(2-4-11)9-14(19)20/h3,5-8,10H,1-2,4,9H2,(H,19,20). The van der Waals surface area contributed by atoms with Crippen LogP contribution in [0.3, 0.4) is 0 Å². The van der Waals surface area contributed by atoms with E-state index >= 15 is 0 Å². The first-order valence-electron chi connectivity index (χ1n) is 6.44. The van der Waals surface area contributed by atoms with Gasteiger partial charge in [0.25, 0.3) is 0 Å². The van der Waals surface area contributed by atoms with Gasteiger partial charge in [0.05, 0.1) is 5.56 Å². The largest absolute Gasteiger partial charge is 0.481 e. The zero-order valence-corrected chi connectivity index (χ0v) is 10.8. The van der Waals surface area contributed by atoms with Crippen LogP contribution in [-0.4, -0.2) is 11.1 Å². The summed E-state index contributed by atoms with van der Waals surface area (Å²) in [5.74, 6) is -0.674.